The average molecular weight is 535 g/mol. The van der Waals surface area contributed by atoms with E-state index in [2.05, 4.69) is 5.32 Å². The number of benzene rings is 2. The number of nitrogens with zero attached hydrogens (tertiary/aromatic N) is 1. The molecule has 1 amide bonds. The van der Waals surface area contributed by atoms with Crippen molar-refractivity contribution in [1.29, 1.82) is 0 Å². The first-order valence-corrected chi connectivity index (χ1v) is 14.0. The van der Waals surface area contributed by atoms with E-state index in [9.17, 15) is 18.0 Å². The first-order valence-electron chi connectivity index (χ1n) is 12.2. The van der Waals surface area contributed by atoms with Gasteiger partial charge in [0.1, 0.15) is 10.6 Å². The van der Waals surface area contributed by atoms with Crippen molar-refractivity contribution in [2.24, 2.45) is 5.92 Å². The Kier molecular flexibility index (Phi) is 7.92. The van der Waals surface area contributed by atoms with Gasteiger partial charge in [-0.05, 0) is 75.4 Å². The first kappa shape index (κ1) is 26.4. The Morgan fingerprint density at radius 1 is 1.11 bits per heavy atom. The van der Waals surface area contributed by atoms with Crippen LogP contribution in [-0.2, 0) is 29.8 Å². The smallest absolute Gasteiger partial charge is 0.316 e. The summed E-state index contributed by atoms with van der Waals surface area (Å²) in [5.74, 6) is -0.718. The maximum absolute atomic E-state index is 13.4. The van der Waals surface area contributed by atoms with Crippen LogP contribution in [0.25, 0.3) is 0 Å². The number of rotatable bonds is 9. The fraction of sp³-hybridized carbons (Fsp3) is 0.462. The Morgan fingerprint density at radius 3 is 2.47 bits per heavy atom. The molecule has 1 atom stereocenters. The molecule has 36 heavy (non-hydrogen) atoms. The fourth-order valence-corrected chi connectivity index (χ4v) is 6.51. The fourth-order valence-electron chi connectivity index (χ4n) is 4.59. The Morgan fingerprint density at radius 2 is 1.83 bits per heavy atom. The Hall–Kier alpha value is -2.62. The monoisotopic (exact) mass is 534 g/mol. The summed E-state index contributed by atoms with van der Waals surface area (Å²) < 4.78 is 38.9. The molecule has 1 heterocycles. The molecule has 2 fully saturated rings. The molecule has 4 rings (SSSR count). The highest BCUT2D eigenvalue weighted by molar-refractivity contribution is 7.89. The number of piperidine rings is 1. The summed E-state index contributed by atoms with van der Waals surface area (Å²) >= 11 is 6.08. The van der Waals surface area contributed by atoms with E-state index in [-0.39, 0.29) is 29.1 Å². The van der Waals surface area contributed by atoms with E-state index in [1.807, 2.05) is 12.1 Å². The Bertz CT molecular complexity index is 1230. The molecule has 0 aromatic heterocycles. The second-order valence-corrected chi connectivity index (χ2v) is 11.4. The summed E-state index contributed by atoms with van der Waals surface area (Å²) in [4.78, 5) is 25.4. The van der Waals surface area contributed by atoms with Crippen molar-refractivity contribution in [1.82, 2.24) is 4.31 Å². The molecular weight excluding hydrogens is 504 g/mol. The van der Waals surface area contributed by atoms with Crippen molar-refractivity contribution in [3.63, 3.8) is 0 Å². The van der Waals surface area contributed by atoms with Crippen molar-refractivity contribution in [2.75, 3.05) is 31.6 Å². The van der Waals surface area contributed by atoms with Crippen LogP contribution in [0.4, 0.5) is 5.69 Å². The molecule has 10 heteroatoms. The molecule has 0 bridgehead atoms. The van der Waals surface area contributed by atoms with Crippen LogP contribution in [0.3, 0.4) is 0 Å². The summed E-state index contributed by atoms with van der Waals surface area (Å²) in [6, 6.07) is 11.7. The van der Waals surface area contributed by atoms with Crippen LogP contribution in [0.1, 0.15) is 45.1 Å². The van der Waals surface area contributed by atoms with E-state index in [1.54, 1.807) is 38.1 Å². The van der Waals surface area contributed by atoms with Gasteiger partial charge in [-0.15, -0.1) is 0 Å². The predicted molar refractivity (Wildman–Crippen MR) is 137 cm³/mol. The maximum atomic E-state index is 13.4. The van der Waals surface area contributed by atoms with Gasteiger partial charge >= 0.3 is 5.97 Å². The number of nitrogens with one attached hydrogen (secondary N) is 1. The van der Waals surface area contributed by atoms with Crippen LogP contribution in [0.2, 0.25) is 5.02 Å². The van der Waals surface area contributed by atoms with E-state index in [0.29, 0.717) is 43.3 Å². The van der Waals surface area contributed by atoms with Crippen LogP contribution in [0.5, 0.6) is 5.75 Å². The third kappa shape index (κ3) is 5.38. The van der Waals surface area contributed by atoms with Gasteiger partial charge in [-0.25, -0.2) is 8.42 Å². The van der Waals surface area contributed by atoms with Gasteiger partial charge in [-0.1, -0.05) is 23.7 Å². The molecule has 0 unspecified atom stereocenters. The zero-order valence-corrected chi connectivity index (χ0v) is 22.0. The highest BCUT2D eigenvalue weighted by atomic mass is 35.5. The number of hydrogen-bond donors (Lipinski definition) is 1. The molecule has 1 saturated heterocycles. The number of esters is 1. The summed E-state index contributed by atoms with van der Waals surface area (Å²) in [6.45, 7) is 4.60. The molecule has 1 aliphatic heterocycles. The number of hydrogen-bond acceptors (Lipinski definition) is 6. The van der Waals surface area contributed by atoms with Crippen molar-refractivity contribution in [3.05, 3.63) is 53.1 Å². The van der Waals surface area contributed by atoms with Gasteiger partial charge < -0.3 is 14.8 Å². The minimum Gasteiger partial charge on any atom is -0.492 e. The third-order valence-electron chi connectivity index (χ3n) is 6.70. The van der Waals surface area contributed by atoms with Gasteiger partial charge in [0.05, 0.1) is 24.5 Å². The molecular formula is C26H31ClN2O6S. The lowest BCUT2D eigenvalue weighted by Crippen LogP contribution is -2.43. The molecule has 1 aliphatic carbocycles. The summed E-state index contributed by atoms with van der Waals surface area (Å²) in [5, 5.41) is 3.19. The predicted octanol–water partition coefficient (Wildman–Crippen LogP) is 4.37. The number of carbonyl (C=O) groups excluding carboxylic acids is 2. The van der Waals surface area contributed by atoms with Crippen LogP contribution in [-0.4, -0.2) is 50.9 Å². The molecule has 2 aromatic rings. The highest BCUT2D eigenvalue weighted by Crippen LogP contribution is 2.49. The topological polar surface area (TPSA) is 102 Å². The van der Waals surface area contributed by atoms with Gasteiger partial charge in [0, 0.05) is 23.8 Å². The first-order chi connectivity index (χ1) is 17.2. The maximum Gasteiger partial charge on any atom is 0.316 e. The molecule has 194 valence electrons. The number of sulfonamides is 1. The lowest BCUT2D eigenvalue weighted by Gasteiger charge is -2.31. The van der Waals surface area contributed by atoms with Gasteiger partial charge in [-0.2, -0.15) is 4.31 Å². The zero-order chi connectivity index (χ0) is 25.9. The minimum absolute atomic E-state index is 0.00380. The highest BCUT2D eigenvalue weighted by Gasteiger charge is 2.52. The van der Waals surface area contributed by atoms with Crippen molar-refractivity contribution >= 4 is 39.2 Å². The van der Waals surface area contributed by atoms with Gasteiger partial charge in [0.2, 0.25) is 15.9 Å². The number of halogens is 1. The van der Waals surface area contributed by atoms with Crippen LogP contribution in [0, 0.1) is 5.92 Å². The van der Waals surface area contributed by atoms with E-state index >= 15 is 0 Å². The van der Waals surface area contributed by atoms with Crippen LogP contribution < -0.4 is 10.1 Å². The summed E-state index contributed by atoms with van der Waals surface area (Å²) in [5.41, 5.74) is 0.898. The zero-order valence-electron chi connectivity index (χ0n) is 20.5. The van der Waals surface area contributed by atoms with E-state index < -0.39 is 21.4 Å². The number of anilines is 1. The molecule has 1 N–H and O–H groups in total. The Labute approximate surface area is 217 Å². The Balaban J connectivity index is 1.44. The van der Waals surface area contributed by atoms with Gasteiger partial charge in [-0.3, -0.25) is 9.59 Å². The van der Waals surface area contributed by atoms with Crippen molar-refractivity contribution < 1.29 is 27.5 Å². The van der Waals surface area contributed by atoms with E-state index in [0.717, 1.165) is 18.4 Å². The average Bonchev–Trinajstić information content (AvgIpc) is 3.68. The minimum atomic E-state index is -3.90. The number of carbonyl (C=O) groups is 2. The second-order valence-electron chi connectivity index (χ2n) is 9.10. The largest absolute Gasteiger partial charge is 0.492 e. The lowest BCUT2D eigenvalue weighted by atomic mass is 9.95. The quantitative estimate of drug-likeness (QED) is 0.479. The SMILES string of the molecule is CCOC(=O)C1(c2ccc(NC(=O)[C@H]3CCCN(S(=O)(=O)c4cc(Cl)ccc4OCC)C3)cc2)CC1. The van der Waals surface area contributed by atoms with Gasteiger partial charge in [0.25, 0.3) is 0 Å². The third-order valence-corrected chi connectivity index (χ3v) is 8.82. The molecule has 2 aromatic carbocycles. The van der Waals surface area contributed by atoms with Crippen LogP contribution >= 0.6 is 11.6 Å². The van der Waals surface area contributed by atoms with Gasteiger partial charge in [0.15, 0.2) is 0 Å². The molecule has 0 radical (unpaired) electrons. The van der Waals surface area contributed by atoms with E-state index in [4.69, 9.17) is 21.1 Å². The van der Waals surface area contributed by atoms with E-state index in [1.165, 1.54) is 10.4 Å². The number of ether oxygens (including phenoxy) is 2. The summed E-state index contributed by atoms with van der Waals surface area (Å²) in [6.07, 6.45) is 2.64. The normalized spacial score (nSPS) is 19.4. The standard InChI is InChI=1S/C26H31ClN2O6S/c1-3-34-22-12-9-20(27)16-23(22)36(32,33)29-15-5-6-18(17-29)24(30)28-21-10-7-19(8-11-21)26(13-14-26)25(31)35-4-2/h7-12,16,18H,3-6,13-15,17H2,1-2H3,(H,28,30)/t18-/m0/s1. The molecule has 0 spiro atoms. The van der Waals surface area contributed by atoms with Crippen molar-refractivity contribution in [2.45, 2.75) is 49.8 Å². The summed E-state index contributed by atoms with van der Waals surface area (Å²) in [7, 11) is -3.90. The molecule has 8 nitrogen and oxygen atoms in total. The second kappa shape index (κ2) is 10.8. The van der Waals surface area contributed by atoms with Crippen LogP contribution in [0.15, 0.2) is 47.4 Å². The molecule has 1 saturated carbocycles. The number of amides is 1. The van der Waals surface area contributed by atoms with Crippen molar-refractivity contribution in [3.8, 4) is 5.75 Å². The molecule has 2 aliphatic rings. The lowest BCUT2D eigenvalue weighted by molar-refractivity contribution is -0.146.